The number of nitrogens with zero attached hydrogens (tertiary/aromatic N) is 3. The third-order valence-electron chi connectivity index (χ3n) is 5.11. The fourth-order valence-electron chi connectivity index (χ4n) is 3.81. The van der Waals surface area contributed by atoms with Gasteiger partial charge < -0.3 is 0 Å². The first-order chi connectivity index (χ1) is 11.6. The van der Waals surface area contributed by atoms with Gasteiger partial charge in [0, 0.05) is 0 Å². The van der Waals surface area contributed by atoms with Crippen LogP contribution in [0.2, 0.25) is 0 Å². The highest BCUT2D eigenvalue weighted by molar-refractivity contribution is 5.45. The Kier molecular flexibility index (Phi) is 4.52. The van der Waals surface area contributed by atoms with Crippen molar-refractivity contribution in [2.24, 2.45) is 5.92 Å². The summed E-state index contributed by atoms with van der Waals surface area (Å²) in [6.45, 7) is 8.87. The minimum Gasteiger partial charge on any atom is -0.238 e. The fraction of sp³-hybridized carbons (Fsp3) is 0.333. The van der Waals surface area contributed by atoms with Crippen LogP contribution in [-0.4, -0.2) is 14.8 Å². The van der Waals surface area contributed by atoms with Crippen molar-refractivity contribution in [3.8, 4) is 0 Å². The normalized spacial score (nSPS) is 15.0. The van der Waals surface area contributed by atoms with Crippen molar-refractivity contribution in [3.63, 3.8) is 0 Å². The first kappa shape index (κ1) is 16.4. The molecule has 0 saturated carbocycles. The Labute approximate surface area is 144 Å². The van der Waals surface area contributed by atoms with E-state index in [9.17, 15) is 0 Å². The van der Waals surface area contributed by atoms with Gasteiger partial charge >= 0.3 is 0 Å². The second-order valence-corrected chi connectivity index (χ2v) is 6.60. The van der Waals surface area contributed by atoms with Gasteiger partial charge in [-0.2, -0.15) is 5.10 Å². The summed E-state index contributed by atoms with van der Waals surface area (Å²) in [5.74, 6) is 0.364. The van der Waals surface area contributed by atoms with Gasteiger partial charge in [-0.25, -0.2) is 9.67 Å². The van der Waals surface area contributed by atoms with Crippen LogP contribution in [0.15, 0.2) is 61.2 Å². The quantitative estimate of drug-likeness (QED) is 0.680. The summed E-state index contributed by atoms with van der Waals surface area (Å²) in [5, 5.41) is 4.58. The minimum absolute atomic E-state index is 0.357. The topological polar surface area (TPSA) is 30.7 Å². The smallest absolute Gasteiger partial charge is 0.137 e. The van der Waals surface area contributed by atoms with Crippen LogP contribution in [0, 0.1) is 19.8 Å². The van der Waals surface area contributed by atoms with E-state index in [2.05, 4.69) is 86.3 Å². The van der Waals surface area contributed by atoms with E-state index >= 15 is 0 Å². The molecule has 24 heavy (non-hydrogen) atoms. The van der Waals surface area contributed by atoms with Crippen LogP contribution >= 0.6 is 0 Å². The fourth-order valence-corrected chi connectivity index (χ4v) is 3.81. The largest absolute Gasteiger partial charge is 0.238 e. The Bertz CT molecular complexity index is 793. The molecular weight excluding hydrogens is 294 g/mol. The average Bonchev–Trinajstić information content (AvgIpc) is 3.12. The lowest BCUT2D eigenvalue weighted by Gasteiger charge is -2.41. The lowest BCUT2D eigenvalue weighted by atomic mass is 9.71. The molecule has 0 N–H and O–H groups in total. The summed E-state index contributed by atoms with van der Waals surface area (Å²) in [6, 6.07) is 17.4. The summed E-state index contributed by atoms with van der Waals surface area (Å²) in [7, 11) is 0. The van der Waals surface area contributed by atoms with Crippen LogP contribution < -0.4 is 0 Å². The van der Waals surface area contributed by atoms with E-state index in [0.29, 0.717) is 5.92 Å². The van der Waals surface area contributed by atoms with Crippen molar-refractivity contribution in [3.05, 3.63) is 83.4 Å². The molecule has 0 aliphatic rings. The molecule has 124 valence electrons. The maximum absolute atomic E-state index is 4.58. The van der Waals surface area contributed by atoms with Crippen LogP contribution in [0.3, 0.4) is 0 Å². The molecule has 3 rings (SSSR count). The van der Waals surface area contributed by atoms with Gasteiger partial charge in [0.15, 0.2) is 0 Å². The summed E-state index contributed by atoms with van der Waals surface area (Å²) in [6.07, 6.45) is 4.52. The molecule has 2 atom stereocenters. The summed E-state index contributed by atoms with van der Waals surface area (Å²) >= 11 is 0. The van der Waals surface area contributed by atoms with E-state index in [4.69, 9.17) is 0 Å². The molecule has 3 heteroatoms. The molecule has 0 radical (unpaired) electrons. The average molecular weight is 319 g/mol. The van der Waals surface area contributed by atoms with Gasteiger partial charge in [-0.05, 0) is 36.5 Å². The van der Waals surface area contributed by atoms with Gasteiger partial charge in [-0.15, -0.1) is 0 Å². The highest BCUT2D eigenvalue weighted by Gasteiger charge is 2.42. The van der Waals surface area contributed by atoms with Crippen LogP contribution in [0.1, 0.15) is 42.5 Å². The lowest BCUT2D eigenvalue weighted by Crippen LogP contribution is -2.43. The predicted molar refractivity (Wildman–Crippen MR) is 98.0 cm³/mol. The number of hydrogen-bond donors (Lipinski definition) is 0. The van der Waals surface area contributed by atoms with E-state index in [1.54, 1.807) is 6.33 Å². The van der Waals surface area contributed by atoms with Crippen LogP contribution in [-0.2, 0) is 5.54 Å². The maximum atomic E-state index is 4.58. The first-order valence-electron chi connectivity index (χ1n) is 8.59. The third kappa shape index (κ3) is 2.54. The standard InChI is InChI=1S/C21H25N3/c1-5-18(4)21(24-15-22-14-23-24,19-9-7-6-8-10-19)20-12-11-16(2)13-17(20)3/h6-15,18H,5H2,1-4H3. The second kappa shape index (κ2) is 6.60. The Morgan fingerprint density at radius 2 is 1.83 bits per heavy atom. The zero-order valence-corrected chi connectivity index (χ0v) is 14.9. The molecule has 0 saturated heterocycles. The van der Waals surface area contributed by atoms with Crippen molar-refractivity contribution in [1.29, 1.82) is 0 Å². The monoisotopic (exact) mass is 319 g/mol. The number of benzene rings is 2. The van der Waals surface area contributed by atoms with E-state index in [-0.39, 0.29) is 5.54 Å². The molecule has 0 aliphatic carbocycles. The summed E-state index contributed by atoms with van der Waals surface area (Å²) < 4.78 is 2.04. The molecule has 0 bridgehead atoms. The van der Waals surface area contributed by atoms with Crippen molar-refractivity contribution in [1.82, 2.24) is 14.8 Å². The SMILES string of the molecule is CCC(C)C(c1ccccc1)(c1ccc(C)cc1C)n1cncn1. The van der Waals surface area contributed by atoms with Gasteiger partial charge in [0.1, 0.15) is 18.2 Å². The number of aromatic nitrogens is 3. The molecule has 3 nitrogen and oxygen atoms in total. The third-order valence-corrected chi connectivity index (χ3v) is 5.11. The van der Waals surface area contributed by atoms with Crippen LogP contribution in [0.25, 0.3) is 0 Å². The van der Waals surface area contributed by atoms with Crippen molar-refractivity contribution < 1.29 is 0 Å². The van der Waals surface area contributed by atoms with E-state index in [0.717, 1.165) is 6.42 Å². The zero-order chi connectivity index (χ0) is 17.2. The Morgan fingerprint density at radius 3 is 2.42 bits per heavy atom. The first-order valence-corrected chi connectivity index (χ1v) is 8.59. The molecule has 0 aliphatic heterocycles. The van der Waals surface area contributed by atoms with Crippen LogP contribution in [0.4, 0.5) is 0 Å². The van der Waals surface area contributed by atoms with E-state index < -0.39 is 0 Å². The second-order valence-electron chi connectivity index (χ2n) is 6.60. The lowest BCUT2D eigenvalue weighted by molar-refractivity contribution is 0.257. The summed E-state index contributed by atoms with van der Waals surface area (Å²) in [4.78, 5) is 4.25. The number of rotatable bonds is 5. The molecule has 1 aromatic heterocycles. The van der Waals surface area contributed by atoms with Crippen LogP contribution in [0.5, 0.6) is 0 Å². The van der Waals surface area contributed by atoms with Gasteiger partial charge in [0.2, 0.25) is 0 Å². The summed E-state index contributed by atoms with van der Waals surface area (Å²) in [5.41, 5.74) is 4.75. The molecular formula is C21H25N3. The number of aryl methyl sites for hydroxylation is 2. The van der Waals surface area contributed by atoms with Gasteiger partial charge in [0.25, 0.3) is 0 Å². The molecule has 2 aromatic carbocycles. The number of hydrogen-bond acceptors (Lipinski definition) is 2. The Hall–Kier alpha value is -2.42. The Morgan fingerprint density at radius 1 is 1.08 bits per heavy atom. The highest BCUT2D eigenvalue weighted by Crippen LogP contribution is 2.43. The van der Waals surface area contributed by atoms with Gasteiger partial charge in [0.05, 0.1) is 0 Å². The van der Waals surface area contributed by atoms with Gasteiger partial charge in [-0.1, -0.05) is 74.4 Å². The van der Waals surface area contributed by atoms with Crippen molar-refractivity contribution >= 4 is 0 Å². The molecule has 0 amide bonds. The van der Waals surface area contributed by atoms with Gasteiger partial charge in [-0.3, -0.25) is 0 Å². The van der Waals surface area contributed by atoms with E-state index in [1.165, 1.54) is 22.3 Å². The van der Waals surface area contributed by atoms with Crippen molar-refractivity contribution in [2.75, 3.05) is 0 Å². The highest BCUT2D eigenvalue weighted by atomic mass is 15.4. The zero-order valence-electron chi connectivity index (χ0n) is 14.9. The molecule has 0 fully saturated rings. The van der Waals surface area contributed by atoms with E-state index in [1.807, 2.05) is 11.0 Å². The predicted octanol–water partition coefficient (Wildman–Crippen LogP) is 4.73. The molecule has 2 unspecified atom stereocenters. The Balaban J connectivity index is 2.38. The maximum Gasteiger partial charge on any atom is 0.137 e. The molecule has 0 spiro atoms. The molecule has 1 heterocycles. The van der Waals surface area contributed by atoms with Crippen molar-refractivity contribution in [2.45, 2.75) is 39.7 Å². The minimum atomic E-state index is -0.357. The molecule has 3 aromatic rings.